The smallest absolute Gasteiger partial charge is 0.269 e. The Bertz CT molecular complexity index is 422. The Balaban J connectivity index is 2.32. The van der Waals surface area contributed by atoms with Crippen molar-refractivity contribution in [2.24, 2.45) is 0 Å². The van der Waals surface area contributed by atoms with E-state index in [1.165, 1.54) is 6.07 Å². The number of hydrogen-bond acceptors (Lipinski definition) is 5. The molecule has 1 N–H and O–H groups in total. The molecule has 0 heterocycles. The molecule has 0 unspecified atom stereocenters. The van der Waals surface area contributed by atoms with Crippen LogP contribution in [-0.2, 0) is 4.74 Å². The number of non-ortho nitro benzene ring substituents is 1. The summed E-state index contributed by atoms with van der Waals surface area (Å²) in [5.41, 5.74) is 1.88. The maximum atomic E-state index is 10.6. The number of nitrogens with zero attached hydrogens (tertiary/aromatic N) is 2. The lowest BCUT2D eigenvalue weighted by atomic mass is 10.2. The van der Waals surface area contributed by atoms with Gasteiger partial charge in [-0.2, -0.15) is 0 Å². The number of aryl methyl sites for hydroxylation is 1. The van der Waals surface area contributed by atoms with Crippen molar-refractivity contribution in [1.82, 2.24) is 4.90 Å². The molecule has 0 aliphatic rings. The Morgan fingerprint density at radius 3 is 2.68 bits per heavy atom. The predicted molar refractivity (Wildman–Crippen MR) is 75.7 cm³/mol. The highest BCUT2D eigenvalue weighted by Crippen LogP contribution is 2.20. The van der Waals surface area contributed by atoms with Gasteiger partial charge in [-0.15, -0.1) is 0 Å². The van der Waals surface area contributed by atoms with Crippen molar-refractivity contribution < 1.29 is 9.66 Å². The number of anilines is 1. The average Bonchev–Trinajstić information content (AvgIpc) is 2.34. The third-order valence-corrected chi connectivity index (χ3v) is 2.67. The normalized spacial score (nSPS) is 10.7. The fourth-order valence-electron chi connectivity index (χ4n) is 1.57. The van der Waals surface area contributed by atoms with Crippen LogP contribution in [0.2, 0.25) is 0 Å². The summed E-state index contributed by atoms with van der Waals surface area (Å²) >= 11 is 0. The third kappa shape index (κ3) is 5.67. The summed E-state index contributed by atoms with van der Waals surface area (Å²) in [6.45, 7) is 4.75. The maximum absolute atomic E-state index is 10.6. The molecule has 1 aromatic rings. The van der Waals surface area contributed by atoms with Crippen LogP contribution in [0.25, 0.3) is 0 Å². The maximum Gasteiger partial charge on any atom is 0.269 e. The first-order valence-electron chi connectivity index (χ1n) is 6.22. The minimum absolute atomic E-state index is 0.116. The Morgan fingerprint density at radius 2 is 2.11 bits per heavy atom. The molecule has 0 saturated heterocycles. The number of nitrogens with one attached hydrogen (secondary N) is 1. The van der Waals surface area contributed by atoms with Gasteiger partial charge in [0.25, 0.3) is 5.69 Å². The van der Waals surface area contributed by atoms with Crippen molar-refractivity contribution in [2.45, 2.75) is 6.92 Å². The third-order valence-electron chi connectivity index (χ3n) is 2.67. The number of benzene rings is 1. The lowest BCUT2D eigenvalue weighted by Gasteiger charge is -2.11. The number of hydrogen-bond donors (Lipinski definition) is 1. The summed E-state index contributed by atoms with van der Waals surface area (Å²) in [5, 5.41) is 13.8. The van der Waals surface area contributed by atoms with E-state index < -0.39 is 0 Å². The van der Waals surface area contributed by atoms with E-state index in [0.717, 1.165) is 17.8 Å². The standard InChI is InChI=1S/C13H21N3O3/c1-11-10-12(16(17)18)4-5-13(11)14-6-8-19-9-7-15(2)3/h4-5,10,14H,6-9H2,1-3H3. The monoisotopic (exact) mass is 267 g/mol. The number of likely N-dealkylation sites (N-methyl/N-ethyl adjacent to an activating group) is 1. The summed E-state index contributed by atoms with van der Waals surface area (Å²) < 4.78 is 5.46. The molecule has 0 aliphatic heterocycles. The van der Waals surface area contributed by atoms with E-state index >= 15 is 0 Å². The van der Waals surface area contributed by atoms with E-state index in [1.54, 1.807) is 12.1 Å². The molecule has 0 saturated carbocycles. The molecule has 0 fully saturated rings. The molecule has 1 rings (SSSR count). The molecular formula is C13H21N3O3. The summed E-state index contributed by atoms with van der Waals surface area (Å²) in [6.07, 6.45) is 0. The highest BCUT2D eigenvalue weighted by molar-refractivity contribution is 5.55. The van der Waals surface area contributed by atoms with Gasteiger partial charge in [-0.3, -0.25) is 10.1 Å². The molecule has 106 valence electrons. The van der Waals surface area contributed by atoms with Crippen LogP contribution in [-0.4, -0.2) is 50.2 Å². The topological polar surface area (TPSA) is 67.6 Å². The van der Waals surface area contributed by atoms with Crippen LogP contribution < -0.4 is 5.32 Å². The lowest BCUT2D eigenvalue weighted by Crippen LogP contribution is -2.20. The van der Waals surface area contributed by atoms with E-state index in [9.17, 15) is 10.1 Å². The molecule has 6 nitrogen and oxygen atoms in total. The zero-order valence-corrected chi connectivity index (χ0v) is 11.7. The zero-order chi connectivity index (χ0) is 14.3. The van der Waals surface area contributed by atoms with Gasteiger partial charge in [-0.05, 0) is 32.6 Å². The SMILES string of the molecule is Cc1cc([N+](=O)[O-])ccc1NCCOCCN(C)C. The lowest BCUT2D eigenvalue weighted by molar-refractivity contribution is -0.384. The average molecular weight is 267 g/mol. The Kier molecular flexibility index (Phi) is 6.24. The second-order valence-electron chi connectivity index (χ2n) is 4.60. The van der Waals surface area contributed by atoms with Crippen molar-refractivity contribution in [3.05, 3.63) is 33.9 Å². The minimum Gasteiger partial charge on any atom is -0.383 e. The molecular weight excluding hydrogens is 246 g/mol. The molecule has 0 amide bonds. The predicted octanol–water partition coefficient (Wildman–Crippen LogP) is 1.89. The Morgan fingerprint density at radius 1 is 1.37 bits per heavy atom. The first-order chi connectivity index (χ1) is 9.00. The van der Waals surface area contributed by atoms with Crippen molar-refractivity contribution in [2.75, 3.05) is 45.7 Å². The van der Waals surface area contributed by atoms with Crippen molar-refractivity contribution >= 4 is 11.4 Å². The van der Waals surface area contributed by atoms with E-state index in [0.29, 0.717) is 19.8 Å². The van der Waals surface area contributed by atoms with Gasteiger partial charge in [0, 0.05) is 30.9 Å². The highest BCUT2D eigenvalue weighted by Gasteiger charge is 2.07. The number of ether oxygens (including phenoxy) is 1. The Labute approximate surface area is 113 Å². The van der Waals surface area contributed by atoms with Crippen LogP contribution in [0.3, 0.4) is 0 Å². The van der Waals surface area contributed by atoms with Gasteiger partial charge in [0.1, 0.15) is 0 Å². The summed E-state index contributed by atoms with van der Waals surface area (Å²) in [4.78, 5) is 12.3. The molecule has 0 radical (unpaired) electrons. The van der Waals surface area contributed by atoms with Gasteiger partial charge in [-0.1, -0.05) is 0 Å². The highest BCUT2D eigenvalue weighted by atomic mass is 16.6. The molecule has 0 aliphatic carbocycles. The molecule has 6 heteroatoms. The number of nitro benzene ring substituents is 1. The van der Waals surface area contributed by atoms with Crippen LogP contribution in [0, 0.1) is 17.0 Å². The molecule has 0 bridgehead atoms. The van der Waals surface area contributed by atoms with E-state index in [4.69, 9.17) is 4.74 Å². The largest absolute Gasteiger partial charge is 0.383 e. The van der Waals surface area contributed by atoms with Gasteiger partial charge in [-0.25, -0.2) is 0 Å². The summed E-state index contributed by atoms with van der Waals surface area (Å²) in [7, 11) is 4.00. The number of rotatable bonds is 8. The van der Waals surface area contributed by atoms with E-state index in [2.05, 4.69) is 10.2 Å². The van der Waals surface area contributed by atoms with E-state index in [-0.39, 0.29) is 10.6 Å². The minimum atomic E-state index is -0.388. The summed E-state index contributed by atoms with van der Waals surface area (Å²) in [5.74, 6) is 0. The van der Waals surface area contributed by atoms with Crippen LogP contribution in [0.1, 0.15) is 5.56 Å². The summed E-state index contributed by atoms with van der Waals surface area (Å²) in [6, 6.07) is 4.80. The molecule has 19 heavy (non-hydrogen) atoms. The van der Waals surface area contributed by atoms with Crippen molar-refractivity contribution in [3.63, 3.8) is 0 Å². The van der Waals surface area contributed by atoms with Gasteiger partial charge < -0.3 is 15.0 Å². The van der Waals surface area contributed by atoms with E-state index in [1.807, 2.05) is 21.0 Å². The Hall–Kier alpha value is -1.66. The first-order valence-corrected chi connectivity index (χ1v) is 6.22. The molecule has 0 aromatic heterocycles. The zero-order valence-electron chi connectivity index (χ0n) is 11.7. The van der Waals surface area contributed by atoms with Crippen molar-refractivity contribution in [3.8, 4) is 0 Å². The fourth-order valence-corrected chi connectivity index (χ4v) is 1.57. The molecule has 0 atom stereocenters. The molecule has 1 aromatic carbocycles. The van der Waals surface area contributed by atoms with Crippen LogP contribution in [0.15, 0.2) is 18.2 Å². The van der Waals surface area contributed by atoms with Crippen molar-refractivity contribution in [1.29, 1.82) is 0 Å². The van der Waals surface area contributed by atoms with Gasteiger partial charge >= 0.3 is 0 Å². The number of nitro groups is 1. The van der Waals surface area contributed by atoms with Gasteiger partial charge in [0.2, 0.25) is 0 Å². The first kappa shape index (κ1) is 15.4. The molecule has 0 spiro atoms. The second-order valence-corrected chi connectivity index (χ2v) is 4.60. The van der Waals surface area contributed by atoms with Crippen LogP contribution in [0.5, 0.6) is 0 Å². The van der Waals surface area contributed by atoms with Gasteiger partial charge in [0.15, 0.2) is 0 Å². The van der Waals surface area contributed by atoms with Gasteiger partial charge in [0.05, 0.1) is 18.1 Å². The second kappa shape index (κ2) is 7.70. The quantitative estimate of drug-likeness (QED) is 0.442. The van der Waals surface area contributed by atoms with Crippen LogP contribution in [0.4, 0.5) is 11.4 Å². The van der Waals surface area contributed by atoms with Crippen LogP contribution >= 0.6 is 0 Å². The fraction of sp³-hybridized carbons (Fsp3) is 0.538.